The first kappa shape index (κ1) is 14.5. The number of carbonyl (C=O) groups is 2. The summed E-state index contributed by atoms with van der Waals surface area (Å²) in [6.45, 7) is -0.0792. The number of hydrogen-bond acceptors (Lipinski definition) is 3. The molecule has 5 nitrogen and oxygen atoms in total. The van der Waals surface area contributed by atoms with Crippen molar-refractivity contribution in [3.63, 3.8) is 0 Å². The third-order valence-electron chi connectivity index (χ3n) is 3.55. The molecule has 0 heterocycles. The minimum atomic E-state index is -1.05. The Hall–Kier alpha value is -1.54. The monoisotopic (exact) mass is 252 g/mol. The number of aliphatic carboxylic acids is 1. The van der Waals surface area contributed by atoms with E-state index in [1.54, 1.807) is 0 Å². The molecule has 100 valence electrons. The zero-order valence-electron chi connectivity index (χ0n) is 10.5. The maximum absolute atomic E-state index is 12.5. The minimum absolute atomic E-state index is 0.0207. The van der Waals surface area contributed by atoms with Crippen LogP contribution in [0.15, 0.2) is 0 Å². The van der Waals surface area contributed by atoms with Gasteiger partial charge in [0.25, 0.3) is 0 Å². The Balaban J connectivity index is 2.85. The first-order valence-corrected chi connectivity index (χ1v) is 6.20. The highest BCUT2D eigenvalue weighted by Gasteiger charge is 2.41. The molecule has 1 saturated carbocycles. The smallest absolute Gasteiger partial charge is 0.323 e. The van der Waals surface area contributed by atoms with Crippen LogP contribution in [-0.2, 0) is 9.59 Å². The summed E-state index contributed by atoms with van der Waals surface area (Å²) in [7, 11) is 0. The molecule has 1 aliphatic rings. The lowest BCUT2D eigenvalue weighted by Gasteiger charge is -2.38. The van der Waals surface area contributed by atoms with Gasteiger partial charge in [0.15, 0.2) is 0 Å². The van der Waals surface area contributed by atoms with Gasteiger partial charge in [0.1, 0.15) is 6.54 Å². The number of rotatable bonds is 5. The van der Waals surface area contributed by atoms with Crippen LogP contribution in [0.3, 0.4) is 0 Å². The zero-order chi connectivity index (χ0) is 13.6. The predicted octanol–water partition coefficient (Wildman–Crippen LogP) is 0.442. The number of carboxylic acid groups (broad SMARTS) is 1. The fourth-order valence-corrected chi connectivity index (χ4v) is 2.54. The third kappa shape index (κ3) is 3.23. The largest absolute Gasteiger partial charge is 0.480 e. The second kappa shape index (κ2) is 6.41. The molecule has 0 radical (unpaired) electrons. The van der Waals surface area contributed by atoms with Gasteiger partial charge >= 0.3 is 5.97 Å². The van der Waals surface area contributed by atoms with E-state index in [9.17, 15) is 9.59 Å². The summed E-state index contributed by atoms with van der Waals surface area (Å²) < 4.78 is 0. The van der Waals surface area contributed by atoms with Crippen molar-refractivity contribution in [2.75, 3.05) is 19.6 Å². The van der Waals surface area contributed by atoms with Crippen molar-refractivity contribution < 1.29 is 14.7 Å². The highest BCUT2D eigenvalue weighted by atomic mass is 16.4. The first-order valence-electron chi connectivity index (χ1n) is 6.20. The summed E-state index contributed by atoms with van der Waals surface area (Å²) in [6.07, 6.45) is 9.66. The third-order valence-corrected chi connectivity index (χ3v) is 3.55. The summed E-state index contributed by atoms with van der Waals surface area (Å²) >= 11 is 0. The quantitative estimate of drug-likeness (QED) is 0.695. The van der Waals surface area contributed by atoms with Crippen molar-refractivity contribution in [1.82, 2.24) is 4.90 Å². The topological polar surface area (TPSA) is 83.6 Å². The van der Waals surface area contributed by atoms with Crippen LogP contribution in [0.1, 0.15) is 32.1 Å². The van der Waals surface area contributed by atoms with Crippen LogP contribution in [0, 0.1) is 17.8 Å². The molecule has 18 heavy (non-hydrogen) atoms. The predicted molar refractivity (Wildman–Crippen MR) is 67.6 cm³/mol. The molecule has 0 atom stereocenters. The van der Waals surface area contributed by atoms with E-state index in [-0.39, 0.29) is 25.5 Å². The molecule has 0 bridgehead atoms. The number of nitrogens with zero attached hydrogens (tertiary/aromatic N) is 1. The molecule has 0 spiro atoms. The van der Waals surface area contributed by atoms with E-state index < -0.39 is 11.4 Å². The van der Waals surface area contributed by atoms with Gasteiger partial charge in [-0.25, -0.2) is 0 Å². The number of amides is 1. The van der Waals surface area contributed by atoms with Gasteiger partial charge in [-0.15, -0.1) is 6.42 Å². The molecule has 5 heteroatoms. The van der Waals surface area contributed by atoms with E-state index >= 15 is 0 Å². The minimum Gasteiger partial charge on any atom is -0.480 e. The molecule has 0 aromatic rings. The SMILES string of the molecule is C#CCN(CC(=O)O)C(=O)C1(CN)CCCCC1. The molecule has 1 rings (SSSR count). The summed E-state index contributed by atoms with van der Waals surface area (Å²) in [6, 6.07) is 0. The van der Waals surface area contributed by atoms with Crippen molar-refractivity contribution in [1.29, 1.82) is 0 Å². The van der Waals surface area contributed by atoms with Gasteiger partial charge in [-0.2, -0.15) is 0 Å². The van der Waals surface area contributed by atoms with Crippen molar-refractivity contribution in [3.05, 3.63) is 0 Å². The lowest BCUT2D eigenvalue weighted by molar-refractivity contribution is -0.150. The Bertz CT molecular complexity index is 354. The van der Waals surface area contributed by atoms with Crippen LogP contribution in [-0.4, -0.2) is 41.5 Å². The zero-order valence-corrected chi connectivity index (χ0v) is 10.5. The number of terminal acetylenes is 1. The van der Waals surface area contributed by atoms with Crippen LogP contribution >= 0.6 is 0 Å². The Morgan fingerprint density at radius 2 is 1.94 bits per heavy atom. The van der Waals surface area contributed by atoms with Crippen LogP contribution in [0.4, 0.5) is 0 Å². The molecule has 1 amide bonds. The molecule has 0 unspecified atom stereocenters. The second-order valence-corrected chi connectivity index (χ2v) is 4.80. The molecule has 0 aromatic heterocycles. The molecule has 0 saturated heterocycles. The van der Waals surface area contributed by atoms with Crippen LogP contribution < -0.4 is 5.73 Å². The van der Waals surface area contributed by atoms with E-state index in [2.05, 4.69) is 5.92 Å². The summed E-state index contributed by atoms with van der Waals surface area (Å²) in [4.78, 5) is 24.5. The second-order valence-electron chi connectivity index (χ2n) is 4.80. The number of carboxylic acids is 1. The van der Waals surface area contributed by atoms with Gasteiger partial charge in [-0.3, -0.25) is 9.59 Å². The Labute approximate surface area is 107 Å². The fraction of sp³-hybridized carbons (Fsp3) is 0.692. The number of hydrogen-bond donors (Lipinski definition) is 2. The van der Waals surface area contributed by atoms with Crippen LogP contribution in [0.2, 0.25) is 0 Å². The average Bonchev–Trinajstić information content (AvgIpc) is 2.37. The Morgan fingerprint density at radius 1 is 1.33 bits per heavy atom. The van der Waals surface area contributed by atoms with Crippen molar-refractivity contribution >= 4 is 11.9 Å². The van der Waals surface area contributed by atoms with Gasteiger partial charge in [0.2, 0.25) is 5.91 Å². The van der Waals surface area contributed by atoms with Crippen molar-refractivity contribution in [2.24, 2.45) is 11.1 Å². The van der Waals surface area contributed by atoms with Gasteiger partial charge in [-0.05, 0) is 12.8 Å². The number of carbonyl (C=O) groups excluding carboxylic acids is 1. The Kier molecular flexibility index (Phi) is 5.17. The lowest BCUT2D eigenvalue weighted by Crippen LogP contribution is -2.50. The van der Waals surface area contributed by atoms with E-state index in [4.69, 9.17) is 17.3 Å². The van der Waals surface area contributed by atoms with Crippen LogP contribution in [0.25, 0.3) is 0 Å². The van der Waals surface area contributed by atoms with E-state index in [0.29, 0.717) is 0 Å². The highest BCUT2D eigenvalue weighted by Crippen LogP contribution is 2.37. The Morgan fingerprint density at radius 3 is 2.39 bits per heavy atom. The molecular formula is C13H20N2O3. The van der Waals surface area contributed by atoms with E-state index in [1.165, 1.54) is 4.90 Å². The molecule has 0 aliphatic heterocycles. The highest BCUT2D eigenvalue weighted by molar-refractivity contribution is 5.86. The molecule has 0 aromatic carbocycles. The number of nitrogens with two attached hydrogens (primary N) is 1. The van der Waals surface area contributed by atoms with Crippen molar-refractivity contribution in [2.45, 2.75) is 32.1 Å². The summed E-state index contributed by atoms with van der Waals surface area (Å²) in [5, 5.41) is 8.82. The first-order chi connectivity index (χ1) is 8.55. The lowest BCUT2D eigenvalue weighted by atomic mass is 9.73. The molecule has 3 N–H and O–H groups in total. The van der Waals surface area contributed by atoms with E-state index in [1.807, 2.05) is 0 Å². The van der Waals surface area contributed by atoms with Gasteiger partial charge < -0.3 is 15.7 Å². The molecular weight excluding hydrogens is 232 g/mol. The average molecular weight is 252 g/mol. The normalized spacial score (nSPS) is 17.8. The van der Waals surface area contributed by atoms with Crippen molar-refractivity contribution in [3.8, 4) is 12.3 Å². The summed E-state index contributed by atoms with van der Waals surface area (Å²) in [5.41, 5.74) is 5.15. The maximum Gasteiger partial charge on any atom is 0.323 e. The fourth-order valence-electron chi connectivity index (χ4n) is 2.54. The standard InChI is InChI=1S/C13H20N2O3/c1-2-8-15(9-11(16)17)12(18)13(10-14)6-4-3-5-7-13/h1H,3-10,14H2,(H,16,17). The van der Waals surface area contributed by atoms with Gasteiger partial charge in [0.05, 0.1) is 12.0 Å². The van der Waals surface area contributed by atoms with Crippen LogP contribution in [0.5, 0.6) is 0 Å². The molecule has 1 fully saturated rings. The maximum atomic E-state index is 12.5. The summed E-state index contributed by atoms with van der Waals surface area (Å²) in [5.74, 6) is 1.08. The van der Waals surface area contributed by atoms with Gasteiger partial charge in [-0.1, -0.05) is 25.2 Å². The van der Waals surface area contributed by atoms with Gasteiger partial charge in [0, 0.05) is 6.54 Å². The molecule has 1 aliphatic carbocycles. The van der Waals surface area contributed by atoms with E-state index in [0.717, 1.165) is 32.1 Å².